The number of hydrogen-bond acceptors (Lipinski definition) is 2. The van der Waals surface area contributed by atoms with Crippen molar-refractivity contribution in [2.45, 2.75) is 37.7 Å². The summed E-state index contributed by atoms with van der Waals surface area (Å²) in [5.74, 6) is 3.58. The van der Waals surface area contributed by atoms with Gasteiger partial charge in [-0.05, 0) is 71.4 Å². The molecule has 2 nitrogen and oxygen atoms in total. The second-order valence-corrected chi connectivity index (χ2v) is 6.94. The Morgan fingerprint density at radius 2 is 2.18 bits per heavy atom. The van der Waals surface area contributed by atoms with Gasteiger partial charge in [0.25, 0.3) is 0 Å². The lowest BCUT2D eigenvalue weighted by atomic mass is 9.72. The van der Waals surface area contributed by atoms with E-state index in [1.807, 2.05) is 6.07 Å². The third kappa shape index (κ3) is 1.25. The summed E-state index contributed by atoms with van der Waals surface area (Å²) in [5.41, 5.74) is -0.696. The molecule has 2 bridgehead atoms. The van der Waals surface area contributed by atoms with Crippen LogP contribution in [0.15, 0.2) is 21.2 Å². The predicted molar refractivity (Wildman–Crippen MR) is 67.3 cm³/mol. The molecule has 0 radical (unpaired) electrons. The topological polar surface area (TPSA) is 33.4 Å². The van der Waals surface area contributed by atoms with Gasteiger partial charge < -0.3 is 9.52 Å². The Balaban J connectivity index is 1.75. The van der Waals surface area contributed by atoms with E-state index in [2.05, 4.69) is 15.9 Å². The Labute approximate surface area is 110 Å². The minimum atomic E-state index is -0.696. The van der Waals surface area contributed by atoms with Gasteiger partial charge in [0.1, 0.15) is 11.4 Å². The van der Waals surface area contributed by atoms with Gasteiger partial charge >= 0.3 is 0 Å². The van der Waals surface area contributed by atoms with Crippen LogP contribution < -0.4 is 0 Å². The van der Waals surface area contributed by atoms with E-state index in [4.69, 9.17) is 4.42 Å². The van der Waals surface area contributed by atoms with Crippen LogP contribution in [0.4, 0.5) is 0 Å². The first-order valence-corrected chi connectivity index (χ1v) is 7.45. The average Bonchev–Trinajstić information content (AvgIpc) is 2.95. The van der Waals surface area contributed by atoms with Crippen LogP contribution in [0, 0.1) is 23.7 Å². The summed E-state index contributed by atoms with van der Waals surface area (Å²) in [7, 11) is 0. The van der Waals surface area contributed by atoms with Crippen molar-refractivity contribution in [1.82, 2.24) is 0 Å². The van der Waals surface area contributed by atoms with Gasteiger partial charge in [0.15, 0.2) is 0 Å². The fraction of sp³-hybridized carbons (Fsp3) is 0.714. The Morgan fingerprint density at radius 3 is 2.94 bits per heavy atom. The van der Waals surface area contributed by atoms with Crippen LogP contribution >= 0.6 is 15.9 Å². The summed E-state index contributed by atoms with van der Waals surface area (Å²) in [6, 6.07) is 1.89. The predicted octanol–water partition coefficient (Wildman–Crippen LogP) is 3.69. The molecule has 3 aliphatic rings. The summed E-state index contributed by atoms with van der Waals surface area (Å²) >= 11 is 3.50. The van der Waals surface area contributed by atoms with E-state index in [0.717, 1.165) is 34.4 Å². The van der Waals surface area contributed by atoms with Crippen molar-refractivity contribution in [2.75, 3.05) is 0 Å². The average molecular weight is 297 g/mol. The first kappa shape index (κ1) is 10.6. The Kier molecular flexibility index (Phi) is 2.12. The van der Waals surface area contributed by atoms with E-state index in [9.17, 15) is 5.11 Å². The van der Waals surface area contributed by atoms with Crippen molar-refractivity contribution in [3.63, 3.8) is 0 Å². The smallest absolute Gasteiger partial charge is 0.149 e. The quantitative estimate of drug-likeness (QED) is 0.857. The maximum Gasteiger partial charge on any atom is 0.149 e. The number of furan rings is 1. The number of halogens is 1. The molecule has 17 heavy (non-hydrogen) atoms. The summed E-state index contributed by atoms with van der Waals surface area (Å²) < 4.78 is 6.49. The molecule has 5 atom stereocenters. The summed E-state index contributed by atoms with van der Waals surface area (Å²) in [5, 5.41) is 11.0. The Bertz CT molecular complexity index is 455. The SMILES string of the molecule is OC1(c2occc2Br)CC2CC1C1CCCC21. The third-order valence-electron chi connectivity index (χ3n) is 5.50. The lowest BCUT2D eigenvalue weighted by Crippen LogP contribution is -2.38. The molecule has 0 aliphatic heterocycles. The van der Waals surface area contributed by atoms with Gasteiger partial charge in [-0.1, -0.05) is 6.42 Å². The number of hydrogen-bond donors (Lipinski definition) is 1. The molecular formula is C14H17BrO2. The standard InChI is InChI=1S/C14H17BrO2/c15-12-4-5-17-13(12)14(16)7-8-6-11(14)10-3-1-2-9(8)10/h4-5,8-11,16H,1-3,6-7H2. The molecule has 1 N–H and O–H groups in total. The van der Waals surface area contributed by atoms with Gasteiger partial charge in [-0.15, -0.1) is 0 Å². The van der Waals surface area contributed by atoms with E-state index in [1.165, 1.54) is 25.7 Å². The molecule has 3 heteroatoms. The fourth-order valence-electron chi connectivity index (χ4n) is 4.98. The van der Waals surface area contributed by atoms with Crippen LogP contribution in [0.1, 0.15) is 37.9 Å². The molecule has 3 fully saturated rings. The molecule has 0 aromatic carbocycles. The first-order chi connectivity index (χ1) is 8.20. The molecule has 1 aromatic heterocycles. The van der Waals surface area contributed by atoms with Crippen LogP contribution in [0.5, 0.6) is 0 Å². The normalized spacial score (nSPS) is 47.6. The maximum absolute atomic E-state index is 11.0. The van der Waals surface area contributed by atoms with Crippen molar-refractivity contribution < 1.29 is 9.52 Å². The summed E-state index contributed by atoms with van der Waals surface area (Å²) in [6.07, 6.45) is 7.85. The molecule has 4 rings (SSSR count). The number of fused-ring (bicyclic) bond motifs is 5. The molecular weight excluding hydrogens is 280 g/mol. The lowest BCUT2D eigenvalue weighted by molar-refractivity contribution is -0.0675. The highest BCUT2D eigenvalue weighted by Gasteiger charge is 2.62. The zero-order valence-corrected chi connectivity index (χ0v) is 11.3. The van der Waals surface area contributed by atoms with Crippen LogP contribution in [-0.2, 0) is 5.60 Å². The van der Waals surface area contributed by atoms with Crippen molar-refractivity contribution in [3.8, 4) is 0 Å². The maximum atomic E-state index is 11.0. The highest BCUT2D eigenvalue weighted by Crippen LogP contribution is 2.65. The second-order valence-electron chi connectivity index (χ2n) is 6.09. The minimum absolute atomic E-state index is 0.433. The molecule has 5 unspecified atom stereocenters. The summed E-state index contributed by atoms with van der Waals surface area (Å²) in [6.45, 7) is 0. The largest absolute Gasteiger partial charge is 0.465 e. The van der Waals surface area contributed by atoms with Gasteiger partial charge in [-0.2, -0.15) is 0 Å². The van der Waals surface area contributed by atoms with Crippen molar-refractivity contribution in [1.29, 1.82) is 0 Å². The van der Waals surface area contributed by atoms with E-state index >= 15 is 0 Å². The van der Waals surface area contributed by atoms with Gasteiger partial charge in [0, 0.05) is 0 Å². The van der Waals surface area contributed by atoms with E-state index in [1.54, 1.807) is 6.26 Å². The minimum Gasteiger partial charge on any atom is -0.465 e. The highest BCUT2D eigenvalue weighted by molar-refractivity contribution is 9.10. The van der Waals surface area contributed by atoms with E-state index in [-0.39, 0.29) is 0 Å². The molecule has 0 spiro atoms. The van der Waals surface area contributed by atoms with Crippen molar-refractivity contribution >= 4 is 15.9 Å². The van der Waals surface area contributed by atoms with Crippen LogP contribution in [0.2, 0.25) is 0 Å². The third-order valence-corrected chi connectivity index (χ3v) is 6.13. The Hall–Kier alpha value is -0.280. The first-order valence-electron chi connectivity index (χ1n) is 6.66. The Morgan fingerprint density at radius 1 is 1.35 bits per heavy atom. The number of aliphatic hydroxyl groups is 1. The van der Waals surface area contributed by atoms with Gasteiger partial charge in [0.2, 0.25) is 0 Å². The second kappa shape index (κ2) is 3.39. The van der Waals surface area contributed by atoms with Crippen LogP contribution in [0.3, 0.4) is 0 Å². The monoisotopic (exact) mass is 296 g/mol. The van der Waals surface area contributed by atoms with Crippen molar-refractivity contribution in [3.05, 3.63) is 22.6 Å². The van der Waals surface area contributed by atoms with Crippen LogP contribution in [0.25, 0.3) is 0 Å². The highest BCUT2D eigenvalue weighted by atomic mass is 79.9. The summed E-state index contributed by atoms with van der Waals surface area (Å²) in [4.78, 5) is 0. The molecule has 1 heterocycles. The van der Waals surface area contributed by atoms with Gasteiger partial charge in [-0.3, -0.25) is 0 Å². The van der Waals surface area contributed by atoms with Gasteiger partial charge in [-0.25, -0.2) is 0 Å². The molecule has 92 valence electrons. The van der Waals surface area contributed by atoms with Gasteiger partial charge in [0.05, 0.1) is 10.7 Å². The molecule has 0 saturated heterocycles. The van der Waals surface area contributed by atoms with E-state index < -0.39 is 5.60 Å². The van der Waals surface area contributed by atoms with Crippen molar-refractivity contribution in [2.24, 2.45) is 23.7 Å². The zero-order valence-electron chi connectivity index (χ0n) is 9.73. The van der Waals surface area contributed by atoms with Crippen LogP contribution in [-0.4, -0.2) is 5.11 Å². The van der Waals surface area contributed by atoms with E-state index in [0.29, 0.717) is 5.92 Å². The molecule has 3 aliphatic carbocycles. The lowest BCUT2D eigenvalue weighted by Gasteiger charge is -2.37. The zero-order chi connectivity index (χ0) is 11.6. The molecule has 0 amide bonds. The molecule has 1 aromatic rings. The number of rotatable bonds is 1. The fourth-order valence-corrected chi connectivity index (χ4v) is 5.52. The molecule has 3 saturated carbocycles.